The summed E-state index contributed by atoms with van der Waals surface area (Å²) in [5.41, 5.74) is 4.64. The molecule has 1 heterocycles. The van der Waals surface area contributed by atoms with Crippen LogP contribution in [0, 0.1) is 6.92 Å². The van der Waals surface area contributed by atoms with E-state index in [9.17, 15) is 13.6 Å². The van der Waals surface area contributed by atoms with Crippen LogP contribution in [0.15, 0.2) is 41.5 Å². The van der Waals surface area contributed by atoms with E-state index >= 15 is 0 Å². The van der Waals surface area contributed by atoms with Crippen molar-refractivity contribution in [3.05, 3.63) is 53.3 Å². The van der Waals surface area contributed by atoms with Gasteiger partial charge in [-0.25, -0.2) is 10.4 Å². The standard InChI is InChI=1S/C20H20F2N4O3/c1-4-26-12(2)24-15-10-13(8-9-16(15)26)19(27)25-23-11-14-6-5-7-17(28-3)18(14)29-20(21)22/h5-11,20H,4H2,1-3H3,(H,25,27)/b23-11-. The summed E-state index contributed by atoms with van der Waals surface area (Å²) in [5.74, 6) is 0.381. The minimum absolute atomic E-state index is 0.132. The van der Waals surface area contributed by atoms with E-state index in [-0.39, 0.29) is 17.1 Å². The van der Waals surface area contributed by atoms with Crippen molar-refractivity contribution in [3.63, 3.8) is 0 Å². The third kappa shape index (κ3) is 4.34. The van der Waals surface area contributed by atoms with Crippen LogP contribution >= 0.6 is 0 Å². The summed E-state index contributed by atoms with van der Waals surface area (Å²) in [4.78, 5) is 16.8. The Balaban J connectivity index is 1.79. The Labute approximate surface area is 165 Å². The molecule has 29 heavy (non-hydrogen) atoms. The van der Waals surface area contributed by atoms with Gasteiger partial charge >= 0.3 is 6.61 Å². The van der Waals surface area contributed by atoms with E-state index < -0.39 is 12.5 Å². The van der Waals surface area contributed by atoms with Crippen molar-refractivity contribution < 1.29 is 23.0 Å². The van der Waals surface area contributed by atoms with Crippen LogP contribution in [0.4, 0.5) is 8.78 Å². The largest absolute Gasteiger partial charge is 0.493 e. The van der Waals surface area contributed by atoms with Gasteiger partial charge in [-0.3, -0.25) is 4.79 Å². The number of ether oxygens (including phenoxy) is 2. The molecular formula is C20H20F2N4O3. The number of imidazole rings is 1. The lowest BCUT2D eigenvalue weighted by molar-refractivity contribution is -0.0513. The Morgan fingerprint density at radius 1 is 1.34 bits per heavy atom. The highest BCUT2D eigenvalue weighted by atomic mass is 19.3. The third-order valence-corrected chi connectivity index (χ3v) is 4.32. The number of hydrazone groups is 1. The summed E-state index contributed by atoms with van der Waals surface area (Å²) in [7, 11) is 1.34. The van der Waals surface area contributed by atoms with E-state index in [1.54, 1.807) is 18.2 Å². The Morgan fingerprint density at radius 2 is 2.14 bits per heavy atom. The quantitative estimate of drug-likeness (QED) is 0.482. The molecule has 1 N–H and O–H groups in total. The van der Waals surface area contributed by atoms with Crippen LogP contribution in [0.25, 0.3) is 11.0 Å². The number of rotatable bonds is 7. The fourth-order valence-corrected chi connectivity index (χ4v) is 3.03. The highest BCUT2D eigenvalue weighted by Gasteiger charge is 2.15. The molecule has 1 aromatic heterocycles. The number of hydrogen-bond donors (Lipinski definition) is 1. The summed E-state index contributed by atoms with van der Waals surface area (Å²) in [5, 5.41) is 3.85. The highest BCUT2D eigenvalue weighted by molar-refractivity contribution is 5.98. The Kier molecular flexibility index (Phi) is 6.06. The van der Waals surface area contributed by atoms with Crippen LogP contribution in [0.3, 0.4) is 0 Å². The molecule has 3 aromatic rings. The molecule has 0 radical (unpaired) electrons. The minimum Gasteiger partial charge on any atom is -0.493 e. The normalized spacial score (nSPS) is 11.4. The second-order valence-electron chi connectivity index (χ2n) is 6.06. The molecule has 9 heteroatoms. The van der Waals surface area contributed by atoms with Crippen molar-refractivity contribution in [3.8, 4) is 11.5 Å². The number of nitrogens with zero attached hydrogens (tertiary/aromatic N) is 3. The second kappa shape index (κ2) is 8.68. The summed E-state index contributed by atoms with van der Waals surface area (Å²) in [6.07, 6.45) is 1.21. The van der Waals surface area contributed by atoms with Gasteiger partial charge in [0.05, 0.1) is 24.4 Å². The van der Waals surface area contributed by atoms with Crippen LogP contribution in [-0.4, -0.2) is 35.4 Å². The molecule has 0 bridgehead atoms. The number of carbonyl (C=O) groups is 1. The van der Waals surface area contributed by atoms with Crippen molar-refractivity contribution in [1.29, 1.82) is 0 Å². The molecule has 0 aliphatic heterocycles. The van der Waals surface area contributed by atoms with E-state index in [4.69, 9.17) is 4.74 Å². The molecule has 0 unspecified atom stereocenters. The van der Waals surface area contributed by atoms with Crippen molar-refractivity contribution in [2.24, 2.45) is 5.10 Å². The lowest BCUT2D eigenvalue weighted by atomic mass is 10.2. The summed E-state index contributed by atoms with van der Waals surface area (Å²) in [6.45, 7) is 1.68. The van der Waals surface area contributed by atoms with Gasteiger partial charge in [-0.05, 0) is 44.2 Å². The van der Waals surface area contributed by atoms with Gasteiger partial charge in [0, 0.05) is 17.7 Å². The van der Waals surface area contributed by atoms with Crippen LogP contribution in [0.2, 0.25) is 0 Å². The van der Waals surface area contributed by atoms with E-state index in [0.717, 1.165) is 17.9 Å². The fourth-order valence-electron chi connectivity index (χ4n) is 3.03. The fraction of sp³-hybridized carbons (Fsp3) is 0.250. The molecule has 0 fully saturated rings. The zero-order chi connectivity index (χ0) is 21.0. The molecule has 0 atom stereocenters. The summed E-state index contributed by atoms with van der Waals surface area (Å²) < 4.78 is 36.9. The molecular weight excluding hydrogens is 382 g/mol. The number of amides is 1. The van der Waals surface area contributed by atoms with Gasteiger partial charge < -0.3 is 14.0 Å². The molecule has 0 saturated carbocycles. The molecule has 7 nitrogen and oxygen atoms in total. The first kappa shape index (κ1) is 20.2. The van der Waals surface area contributed by atoms with E-state index in [2.05, 4.69) is 20.2 Å². The number of methoxy groups -OCH3 is 1. The molecule has 0 aliphatic carbocycles. The second-order valence-corrected chi connectivity index (χ2v) is 6.06. The number of nitrogens with one attached hydrogen (secondary N) is 1. The van der Waals surface area contributed by atoms with Gasteiger partial charge in [0.15, 0.2) is 11.5 Å². The maximum atomic E-state index is 12.7. The van der Waals surface area contributed by atoms with Gasteiger partial charge in [-0.15, -0.1) is 0 Å². The Bertz CT molecular complexity index is 1060. The molecule has 3 rings (SSSR count). The van der Waals surface area contributed by atoms with Gasteiger partial charge in [0.1, 0.15) is 5.82 Å². The van der Waals surface area contributed by atoms with Crippen molar-refractivity contribution in [1.82, 2.24) is 15.0 Å². The number of aromatic nitrogens is 2. The minimum atomic E-state index is -3.02. The summed E-state index contributed by atoms with van der Waals surface area (Å²) in [6, 6.07) is 9.78. The van der Waals surface area contributed by atoms with Crippen LogP contribution < -0.4 is 14.9 Å². The number of para-hydroxylation sites is 1. The third-order valence-electron chi connectivity index (χ3n) is 4.32. The zero-order valence-electron chi connectivity index (χ0n) is 16.1. The SMILES string of the molecule is CCn1c(C)nc2cc(C(=O)N/N=C\c3cccc(OC)c3OC(F)F)ccc21. The number of halogens is 2. The molecule has 0 spiro atoms. The topological polar surface area (TPSA) is 77.7 Å². The van der Waals surface area contributed by atoms with Gasteiger partial charge in [-0.2, -0.15) is 13.9 Å². The van der Waals surface area contributed by atoms with Gasteiger partial charge in [0.25, 0.3) is 5.91 Å². The molecule has 1 amide bonds. The number of alkyl halides is 2. The maximum Gasteiger partial charge on any atom is 0.387 e. The highest BCUT2D eigenvalue weighted by Crippen LogP contribution is 2.31. The number of aryl methyl sites for hydroxylation is 2. The Hall–Kier alpha value is -3.49. The zero-order valence-corrected chi connectivity index (χ0v) is 16.1. The van der Waals surface area contributed by atoms with E-state index in [0.29, 0.717) is 11.1 Å². The van der Waals surface area contributed by atoms with Crippen molar-refractivity contribution in [2.45, 2.75) is 27.0 Å². The Morgan fingerprint density at radius 3 is 2.83 bits per heavy atom. The molecule has 0 saturated heterocycles. The predicted molar refractivity (Wildman–Crippen MR) is 105 cm³/mol. The first-order valence-corrected chi connectivity index (χ1v) is 8.86. The van der Waals surface area contributed by atoms with E-state index in [1.807, 2.05) is 24.5 Å². The number of fused-ring (bicyclic) bond motifs is 1. The maximum absolute atomic E-state index is 12.7. The van der Waals surface area contributed by atoms with E-state index in [1.165, 1.54) is 25.5 Å². The predicted octanol–water partition coefficient (Wildman–Crippen LogP) is 3.74. The molecule has 0 aliphatic rings. The molecule has 2 aromatic carbocycles. The molecule has 152 valence electrons. The number of carbonyl (C=O) groups excluding carboxylic acids is 1. The lowest BCUT2D eigenvalue weighted by Gasteiger charge is -2.11. The first-order valence-electron chi connectivity index (χ1n) is 8.86. The monoisotopic (exact) mass is 402 g/mol. The summed E-state index contributed by atoms with van der Waals surface area (Å²) >= 11 is 0. The number of hydrogen-bond acceptors (Lipinski definition) is 5. The smallest absolute Gasteiger partial charge is 0.387 e. The lowest BCUT2D eigenvalue weighted by Crippen LogP contribution is -2.17. The first-order chi connectivity index (χ1) is 13.9. The van der Waals surface area contributed by atoms with Crippen molar-refractivity contribution in [2.75, 3.05) is 7.11 Å². The van der Waals surface area contributed by atoms with Crippen LogP contribution in [0.1, 0.15) is 28.7 Å². The van der Waals surface area contributed by atoms with Crippen molar-refractivity contribution >= 4 is 23.2 Å². The van der Waals surface area contributed by atoms with Crippen LogP contribution in [0.5, 0.6) is 11.5 Å². The van der Waals surface area contributed by atoms with Crippen LogP contribution in [-0.2, 0) is 6.54 Å². The van der Waals surface area contributed by atoms with Gasteiger partial charge in [-0.1, -0.05) is 6.07 Å². The van der Waals surface area contributed by atoms with Gasteiger partial charge in [0.2, 0.25) is 0 Å². The number of benzene rings is 2. The average molecular weight is 402 g/mol. The average Bonchev–Trinajstić information content (AvgIpc) is 3.02.